The number of carbonyl (C=O) groups excluding carboxylic acids is 1. The first-order valence-electron chi connectivity index (χ1n) is 6.83. The van der Waals surface area contributed by atoms with Gasteiger partial charge in [0.15, 0.2) is 0 Å². The second-order valence-corrected chi connectivity index (χ2v) is 6.67. The summed E-state index contributed by atoms with van der Waals surface area (Å²) in [6, 6.07) is 4.79. The molecule has 2 atom stereocenters. The summed E-state index contributed by atoms with van der Waals surface area (Å²) in [6.45, 7) is 4.03. The Morgan fingerprint density at radius 1 is 1.43 bits per heavy atom. The van der Waals surface area contributed by atoms with Crippen molar-refractivity contribution in [2.24, 2.45) is 5.92 Å². The molecule has 1 saturated heterocycles. The highest BCUT2D eigenvalue weighted by atomic mass is 32.2. The van der Waals surface area contributed by atoms with Crippen LogP contribution in [-0.4, -0.2) is 39.1 Å². The van der Waals surface area contributed by atoms with Crippen molar-refractivity contribution in [2.75, 3.05) is 5.75 Å². The molecule has 4 nitrogen and oxygen atoms in total. The Morgan fingerprint density at radius 3 is 2.67 bits per heavy atom. The third-order valence-corrected chi connectivity index (χ3v) is 4.70. The standard InChI is InChI=1S/C15H18FNO3S/c1-9(2)7-13-17(12(8-21-13)15(19)20)14(18)10-5-3-4-6-11(10)16/h3-6,9,12-13H,7-8H2,1-2H3,(H,19,20)/t12-,13+/m0/s1. The molecular formula is C15H18FNO3S. The van der Waals surface area contributed by atoms with Crippen molar-refractivity contribution >= 4 is 23.6 Å². The normalized spacial score (nSPS) is 21.8. The van der Waals surface area contributed by atoms with E-state index in [1.165, 1.54) is 34.9 Å². The predicted molar refractivity (Wildman–Crippen MR) is 79.7 cm³/mol. The maximum Gasteiger partial charge on any atom is 0.327 e. The lowest BCUT2D eigenvalue weighted by Gasteiger charge is -2.28. The second kappa shape index (κ2) is 6.47. The van der Waals surface area contributed by atoms with Gasteiger partial charge in [-0.2, -0.15) is 0 Å². The highest BCUT2D eigenvalue weighted by molar-refractivity contribution is 8.00. The van der Waals surface area contributed by atoms with Gasteiger partial charge in [-0.05, 0) is 24.5 Å². The Morgan fingerprint density at radius 2 is 2.10 bits per heavy atom. The van der Waals surface area contributed by atoms with E-state index >= 15 is 0 Å². The second-order valence-electron chi connectivity index (χ2n) is 5.46. The molecule has 1 fully saturated rings. The minimum Gasteiger partial charge on any atom is -0.480 e. The van der Waals surface area contributed by atoms with Crippen LogP contribution >= 0.6 is 11.8 Å². The first kappa shape index (κ1) is 15.8. The van der Waals surface area contributed by atoms with Crippen molar-refractivity contribution < 1.29 is 19.1 Å². The molecule has 1 aromatic carbocycles. The van der Waals surface area contributed by atoms with Crippen LogP contribution < -0.4 is 0 Å². The summed E-state index contributed by atoms with van der Waals surface area (Å²) in [4.78, 5) is 25.3. The molecule has 0 aromatic heterocycles. The quantitative estimate of drug-likeness (QED) is 0.929. The van der Waals surface area contributed by atoms with Crippen LogP contribution in [0.4, 0.5) is 4.39 Å². The van der Waals surface area contributed by atoms with Gasteiger partial charge in [-0.1, -0.05) is 26.0 Å². The zero-order valence-electron chi connectivity index (χ0n) is 12.0. The lowest BCUT2D eigenvalue weighted by atomic mass is 10.1. The summed E-state index contributed by atoms with van der Waals surface area (Å²) in [5, 5.41) is 9.08. The van der Waals surface area contributed by atoms with Gasteiger partial charge in [0.2, 0.25) is 0 Å². The molecule has 0 unspecified atom stereocenters. The van der Waals surface area contributed by atoms with Crippen LogP contribution in [0.25, 0.3) is 0 Å². The molecule has 0 aliphatic carbocycles. The van der Waals surface area contributed by atoms with E-state index < -0.39 is 23.7 Å². The molecule has 0 saturated carbocycles. The molecule has 1 aliphatic heterocycles. The van der Waals surface area contributed by atoms with Crippen molar-refractivity contribution in [3.8, 4) is 0 Å². The molecule has 1 aliphatic rings. The molecule has 1 heterocycles. The number of hydrogen-bond acceptors (Lipinski definition) is 3. The van der Waals surface area contributed by atoms with Crippen molar-refractivity contribution in [2.45, 2.75) is 31.7 Å². The minimum absolute atomic E-state index is 0.0694. The van der Waals surface area contributed by atoms with Gasteiger partial charge in [-0.15, -0.1) is 11.8 Å². The number of thioether (sulfide) groups is 1. The molecule has 1 aromatic rings. The van der Waals surface area contributed by atoms with Gasteiger partial charge in [0.1, 0.15) is 11.9 Å². The van der Waals surface area contributed by atoms with E-state index in [2.05, 4.69) is 0 Å². The fourth-order valence-corrected chi connectivity index (χ4v) is 4.02. The number of halogens is 1. The van der Waals surface area contributed by atoms with Crippen LogP contribution in [0.1, 0.15) is 30.6 Å². The highest BCUT2D eigenvalue weighted by Crippen LogP contribution is 2.34. The molecular weight excluding hydrogens is 293 g/mol. The topological polar surface area (TPSA) is 57.6 Å². The third-order valence-electron chi connectivity index (χ3n) is 3.39. The SMILES string of the molecule is CC(C)C[C@H]1SC[C@@H](C(=O)O)N1C(=O)c1ccccc1F. The molecule has 0 spiro atoms. The van der Waals surface area contributed by atoms with E-state index in [9.17, 15) is 19.1 Å². The maximum absolute atomic E-state index is 13.8. The maximum atomic E-state index is 13.8. The van der Waals surface area contributed by atoms with Crippen molar-refractivity contribution in [1.82, 2.24) is 4.90 Å². The van der Waals surface area contributed by atoms with Crippen molar-refractivity contribution in [3.63, 3.8) is 0 Å². The first-order chi connectivity index (χ1) is 9.91. The van der Waals surface area contributed by atoms with E-state index in [0.29, 0.717) is 18.1 Å². The Labute approximate surface area is 127 Å². The first-order valence-corrected chi connectivity index (χ1v) is 7.88. The summed E-state index contributed by atoms with van der Waals surface area (Å²) in [6.07, 6.45) is 0.689. The monoisotopic (exact) mass is 311 g/mol. The van der Waals surface area contributed by atoms with E-state index in [4.69, 9.17) is 0 Å². The Hall–Kier alpha value is -1.56. The number of aliphatic carboxylic acids is 1. The van der Waals surface area contributed by atoms with Gasteiger partial charge >= 0.3 is 5.97 Å². The van der Waals surface area contributed by atoms with Crippen LogP contribution in [0.15, 0.2) is 24.3 Å². The zero-order valence-corrected chi connectivity index (χ0v) is 12.8. The van der Waals surface area contributed by atoms with Crippen LogP contribution in [0.5, 0.6) is 0 Å². The molecule has 1 N–H and O–H groups in total. The highest BCUT2D eigenvalue weighted by Gasteiger charge is 2.42. The number of rotatable bonds is 4. The van der Waals surface area contributed by atoms with Crippen LogP contribution in [0.2, 0.25) is 0 Å². The van der Waals surface area contributed by atoms with Gasteiger partial charge in [0.05, 0.1) is 10.9 Å². The number of carboxylic acid groups (broad SMARTS) is 1. The van der Waals surface area contributed by atoms with Crippen LogP contribution in [-0.2, 0) is 4.79 Å². The number of benzene rings is 1. The lowest BCUT2D eigenvalue weighted by Crippen LogP contribution is -2.46. The van der Waals surface area contributed by atoms with Crippen LogP contribution in [0.3, 0.4) is 0 Å². The lowest BCUT2D eigenvalue weighted by molar-refractivity contribution is -0.141. The van der Waals surface area contributed by atoms with Gasteiger partial charge in [0.25, 0.3) is 5.91 Å². The fourth-order valence-electron chi connectivity index (χ4n) is 2.38. The number of hydrogen-bond donors (Lipinski definition) is 1. The fraction of sp³-hybridized carbons (Fsp3) is 0.467. The molecule has 0 radical (unpaired) electrons. The average Bonchev–Trinajstić information content (AvgIpc) is 2.81. The Kier molecular flexibility index (Phi) is 4.88. The van der Waals surface area contributed by atoms with Crippen LogP contribution in [0, 0.1) is 11.7 Å². The molecule has 21 heavy (non-hydrogen) atoms. The molecule has 6 heteroatoms. The molecule has 2 rings (SSSR count). The zero-order chi connectivity index (χ0) is 15.6. The average molecular weight is 311 g/mol. The predicted octanol–water partition coefficient (Wildman–Crippen LogP) is 2.84. The van der Waals surface area contributed by atoms with E-state index in [0.717, 1.165) is 0 Å². The Balaban J connectivity index is 2.32. The van der Waals surface area contributed by atoms with Crippen molar-refractivity contribution in [1.29, 1.82) is 0 Å². The molecule has 0 bridgehead atoms. The summed E-state index contributed by atoms with van der Waals surface area (Å²) < 4.78 is 13.8. The molecule has 1 amide bonds. The van der Waals surface area contributed by atoms with E-state index in [-0.39, 0.29) is 10.9 Å². The molecule has 114 valence electrons. The summed E-state index contributed by atoms with van der Waals surface area (Å²) in [7, 11) is 0. The van der Waals surface area contributed by atoms with Gasteiger partial charge in [-0.3, -0.25) is 4.79 Å². The van der Waals surface area contributed by atoms with Crippen molar-refractivity contribution in [3.05, 3.63) is 35.6 Å². The number of carbonyl (C=O) groups is 2. The van der Waals surface area contributed by atoms with E-state index in [1.54, 1.807) is 6.07 Å². The largest absolute Gasteiger partial charge is 0.480 e. The van der Waals surface area contributed by atoms with Gasteiger partial charge in [0, 0.05) is 5.75 Å². The van der Waals surface area contributed by atoms with Gasteiger partial charge < -0.3 is 10.0 Å². The smallest absolute Gasteiger partial charge is 0.327 e. The number of carboxylic acids is 1. The number of amides is 1. The third kappa shape index (κ3) is 3.37. The summed E-state index contributed by atoms with van der Waals surface area (Å²) >= 11 is 1.45. The summed E-state index contributed by atoms with van der Waals surface area (Å²) in [5.74, 6) is -1.54. The van der Waals surface area contributed by atoms with E-state index in [1.807, 2.05) is 13.8 Å². The number of nitrogens with zero attached hydrogens (tertiary/aromatic N) is 1. The van der Waals surface area contributed by atoms with Gasteiger partial charge in [-0.25, -0.2) is 9.18 Å². The minimum atomic E-state index is -1.04. The Bertz CT molecular complexity index is 549. The summed E-state index contributed by atoms with van der Waals surface area (Å²) in [5.41, 5.74) is -0.0694.